The Labute approximate surface area is 54.4 Å². The van der Waals surface area contributed by atoms with Crippen LogP contribution < -0.4 is 0 Å². The van der Waals surface area contributed by atoms with E-state index in [-0.39, 0.29) is 12.3 Å². The zero-order chi connectivity index (χ0) is 7.11. The Hall–Kier alpha value is -0.730. The number of hydrogen-bond acceptors (Lipinski definition) is 3. The largest absolute Gasteiger partial charge is 0.300 e. The lowest BCUT2D eigenvalue weighted by molar-refractivity contribution is -0.118. The van der Waals surface area contributed by atoms with Gasteiger partial charge in [-0.25, -0.2) is 0 Å². The van der Waals surface area contributed by atoms with Gasteiger partial charge in [-0.05, 0) is 6.42 Å². The third kappa shape index (κ3) is 5.14. The van der Waals surface area contributed by atoms with Gasteiger partial charge < -0.3 is 0 Å². The van der Waals surface area contributed by atoms with Gasteiger partial charge in [0.25, 0.3) is 0 Å². The number of nitroso groups, excluding NO2 is 1. The molecule has 0 aliphatic rings. The smallest absolute Gasteiger partial charge is 0.132 e. The van der Waals surface area contributed by atoms with Crippen LogP contribution >= 0.6 is 0 Å². The lowest BCUT2D eigenvalue weighted by Gasteiger charge is -1.90. The van der Waals surface area contributed by atoms with Crippen LogP contribution in [-0.2, 0) is 4.79 Å². The van der Waals surface area contributed by atoms with E-state index in [9.17, 15) is 9.70 Å². The summed E-state index contributed by atoms with van der Waals surface area (Å²) in [7, 11) is 0. The Morgan fingerprint density at radius 3 is 2.67 bits per heavy atom. The lowest BCUT2D eigenvalue weighted by atomic mass is 10.2. The predicted molar refractivity (Wildman–Crippen MR) is 35.2 cm³/mol. The summed E-state index contributed by atoms with van der Waals surface area (Å²) >= 11 is 0. The normalized spacial score (nSPS) is 9.00. The van der Waals surface area contributed by atoms with E-state index in [0.717, 1.165) is 0 Å². The van der Waals surface area contributed by atoms with E-state index in [1.165, 1.54) is 0 Å². The number of hydrogen-bond donors (Lipinski definition) is 0. The molecule has 9 heavy (non-hydrogen) atoms. The van der Waals surface area contributed by atoms with Gasteiger partial charge in [-0.1, -0.05) is 12.1 Å². The Morgan fingerprint density at radius 1 is 1.56 bits per heavy atom. The van der Waals surface area contributed by atoms with Crippen molar-refractivity contribution in [3.05, 3.63) is 4.91 Å². The molecule has 3 heteroatoms. The fraction of sp³-hybridized carbons (Fsp3) is 0.833. The van der Waals surface area contributed by atoms with Crippen molar-refractivity contribution in [1.82, 2.24) is 0 Å². The first-order chi connectivity index (χ1) is 4.31. The zero-order valence-corrected chi connectivity index (χ0v) is 5.59. The molecule has 0 aliphatic carbocycles. The minimum absolute atomic E-state index is 0.207. The second kappa shape index (κ2) is 5.41. The summed E-state index contributed by atoms with van der Waals surface area (Å²) in [5, 5.41) is 2.64. The Morgan fingerprint density at radius 2 is 2.22 bits per heavy atom. The first kappa shape index (κ1) is 8.27. The van der Waals surface area contributed by atoms with Crippen molar-refractivity contribution in [3.63, 3.8) is 0 Å². The summed E-state index contributed by atoms with van der Waals surface area (Å²) in [6, 6.07) is 0. The molecule has 0 aromatic heterocycles. The molecular weight excluding hydrogens is 118 g/mol. The second-order valence-corrected chi connectivity index (χ2v) is 1.85. The van der Waals surface area contributed by atoms with E-state index < -0.39 is 0 Å². The molecule has 0 amide bonds. The van der Waals surface area contributed by atoms with Crippen LogP contribution in [0.3, 0.4) is 0 Å². The summed E-state index contributed by atoms with van der Waals surface area (Å²) in [5.74, 6) is 0.207. The third-order valence-corrected chi connectivity index (χ3v) is 1.10. The van der Waals surface area contributed by atoms with E-state index in [4.69, 9.17) is 0 Å². The average Bonchev–Trinajstić information content (AvgIpc) is 1.89. The van der Waals surface area contributed by atoms with Gasteiger partial charge in [0.1, 0.15) is 5.78 Å². The van der Waals surface area contributed by atoms with Crippen LogP contribution in [0.4, 0.5) is 0 Å². The number of nitrogens with zero attached hydrogens (tertiary/aromatic N) is 1. The molecule has 0 aromatic rings. The van der Waals surface area contributed by atoms with Crippen LogP contribution in [0.5, 0.6) is 0 Å². The second-order valence-electron chi connectivity index (χ2n) is 1.85. The number of Topliss-reactive ketones (excluding diaryl/α,β-unsaturated/α-hetero) is 1. The van der Waals surface area contributed by atoms with Crippen LogP contribution in [-0.4, -0.2) is 12.3 Å². The average molecular weight is 129 g/mol. The predicted octanol–water partition coefficient (Wildman–Crippen LogP) is 1.51. The van der Waals surface area contributed by atoms with Crippen LogP contribution in [0.25, 0.3) is 0 Å². The molecule has 0 saturated heterocycles. The van der Waals surface area contributed by atoms with Crippen molar-refractivity contribution >= 4 is 5.78 Å². The standard InChI is InChI=1S/C6H11NO2/c1-2-6(8)4-3-5-7-9/h2-5H2,1H3. The molecule has 0 bridgehead atoms. The van der Waals surface area contributed by atoms with E-state index >= 15 is 0 Å². The summed E-state index contributed by atoms with van der Waals surface area (Å²) in [5.41, 5.74) is 0. The van der Waals surface area contributed by atoms with E-state index in [0.29, 0.717) is 19.3 Å². The van der Waals surface area contributed by atoms with Crippen LogP contribution in [0.2, 0.25) is 0 Å². The summed E-state index contributed by atoms with van der Waals surface area (Å²) in [6.45, 7) is 2.09. The van der Waals surface area contributed by atoms with Crippen molar-refractivity contribution in [1.29, 1.82) is 0 Å². The van der Waals surface area contributed by atoms with Gasteiger partial charge in [-0.2, -0.15) is 4.91 Å². The molecule has 0 unspecified atom stereocenters. The molecule has 0 rings (SSSR count). The topological polar surface area (TPSA) is 46.5 Å². The molecule has 0 fully saturated rings. The van der Waals surface area contributed by atoms with Crippen molar-refractivity contribution in [2.24, 2.45) is 5.18 Å². The number of carbonyl (C=O) groups excluding carboxylic acids is 1. The number of carbonyl (C=O) groups is 1. The van der Waals surface area contributed by atoms with Crippen molar-refractivity contribution < 1.29 is 4.79 Å². The molecule has 0 atom stereocenters. The van der Waals surface area contributed by atoms with E-state index in [1.807, 2.05) is 6.92 Å². The van der Waals surface area contributed by atoms with Gasteiger partial charge in [-0.3, -0.25) is 4.79 Å². The highest BCUT2D eigenvalue weighted by Gasteiger charge is 1.95. The minimum atomic E-state index is 0.207. The van der Waals surface area contributed by atoms with Crippen LogP contribution in [0.1, 0.15) is 26.2 Å². The molecule has 0 radical (unpaired) electrons. The molecule has 52 valence electrons. The highest BCUT2D eigenvalue weighted by Crippen LogP contribution is 1.93. The van der Waals surface area contributed by atoms with Gasteiger partial charge in [0.2, 0.25) is 0 Å². The van der Waals surface area contributed by atoms with Crippen molar-refractivity contribution in [3.8, 4) is 0 Å². The van der Waals surface area contributed by atoms with Gasteiger partial charge in [0.15, 0.2) is 0 Å². The Kier molecular flexibility index (Phi) is 4.97. The van der Waals surface area contributed by atoms with Gasteiger partial charge >= 0.3 is 0 Å². The van der Waals surface area contributed by atoms with Crippen molar-refractivity contribution in [2.75, 3.05) is 6.54 Å². The maximum atomic E-state index is 10.5. The van der Waals surface area contributed by atoms with Crippen LogP contribution in [0, 0.1) is 4.91 Å². The third-order valence-electron chi connectivity index (χ3n) is 1.10. The highest BCUT2D eigenvalue weighted by atomic mass is 16.3. The fourth-order valence-electron chi connectivity index (χ4n) is 0.518. The van der Waals surface area contributed by atoms with E-state index in [2.05, 4.69) is 5.18 Å². The molecule has 0 heterocycles. The lowest BCUT2D eigenvalue weighted by Crippen LogP contribution is -1.95. The first-order valence-electron chi connectivity index (χ1n) is 3.12. The zero-order valence-electron chi connectivity index (χ0n) is 5.59. The Bertz CT molecular complexity index is 101. The quantitative estimate of drug-likeness (QED) is 0.417. The Balaban J connectivity index is 3.06. The molecule has 0 spiro atoms. The number of ketones is 1. The van der Waals surface area contributed by atoms with E-state index in [1.54, 1.807) is 0 Å². The molecule has 0 saturated carbocycles. The van der Waals surface area contributed by atoms with Gasteiger partial charge in [0, 0.05) is 12.8 Å². The van der Waals surface area contributed by atoms with Gasteiger partial charge in [-0.15, -0.1) is 0 Å². The summed E-state index contributed by atoms with van der Waals surface area (Å²) in [4.78, 5) is 20.1. The number of rotatable bonds is 5. The molecular formula is C6H11NO2. The van der Waals surface area contributed by atoms with Crippen molar-refractivity contribution in [2.45, 2.75) is 26.2 Å². The SMILES string of the molecule is CCC(=O)CCCN=O. The summed E-state index contributed by atoms with van der Waals surface area (Å²) < 4.78 is 0. The first-order valence-corrected chi connectivity index (χ1v) is 3.12. The maximum absolute atomic E-state index is 10.5. The fourth-order valence-corrected chi connectivity index (χ4v) is 0.518. The summed E-state index contributed by atoms with van der Waals surface area (Å²) in [6.07, 6.45) is 1.68. The minimum Gasteiger partial charge on any atom is -0.300 e. The molecule has 0 aromatic carbocycles. The van der Waals surface area contributed by atoms with Gasteiger partial charge in [0.05, 0.1) is 6.54 Å². The van der Waals surface area contributed by atoms with Crippen LogP contribution in [0.15, 0.2) is 5.18 Å². The molecule has 0 aliphatic heterocycles. The maximum Gasteiger partial charge on any atom is 0.132 e. The molecule has 0 N–H and O–H groups in total. The molecule has 3 nitrogen and oxygen atoms in total. The highest BCUT2D eigenvalue weighted by molar-refractivity contribution is 5.77. The monoisotopic (exact) mass is 129 g/mol.